The van der Waals surface area contributed by atoms with Gasteiger partial charge >= 0.3 is 0 Å². The van der Waals surface area contributed by atoms with Crippen LogP contribution >= 0.6 is 0 Å². The molecule has 0 spiro atoms. The van der Waals surface area contributed by atoms with Crippen molar-refractivity contribution in [1.29, 1.82) is 0 Å². The molecule has 1 N–H and O–H groups in total. The standard InChI is InChI=1S/C22H28N2O2/c1-17(2)16-26-19-12-10-18(11-13-19)22(25)23-20-8-4-5-9-21(20)24-14-6-3-7-15-24/h4-5,8-13,17H,3,6-7,14-16H2,1-2H3,(H,23,25). The van der Waals surface area contributed by atoms with Crippen LogP contribution in [-0.4, -0.2) is 25.6 Å². The first-order chi connectivity index (χ1) is 12.6. The maximum absolute atomic E-state index is 12.7. The Kier molecular flexibility index (Phi) is 6.16. The normalized spacial score (nSPS) is 14.3. The average Bonchev–Trinajstić information content (AvgIpc) is 2.68. The first-order valence-corrected chi connectivity index (χ1v) is 9.51. The molecule has 4 nitrogen and oxygen atoms in total. The molecule has 0 radical (unpaired) electrons. The summed E-state index contributed by atoms with van der Waals surface area (Å²) in [4.78, 5) is 15.0. The molecular weight excluding hydrogens is 324 g/mol. The number of carbonyl (C=O) groups excluding carboxylic acids is 1. The molecule has 2 aromatic rings. The maximum Gasteiger partial charge on any atom is 0.255 e. The van der Waals surface area contributed by atoms with Gasteiger partial charge in [-0.3, -0.25) is 4.79 Å². The number of amides is 1. The van der Waals surface area contributed by atoms with Crippen molar-refractivity contribution in [3.63, 3.8) is 0 Å². The zero-order valence-corrected chi connectivity index (χ0v) is 15.7. The van der Waals surface area contributed by atoms with E-state index >= 15 is 0 Å². The van der Waals surface area contributed by atoms with Crippen LogP contribution < -0.4 is 15.0 Å². The second kappa shape index (κ2) is 8.75. The molecule has 1 heterocycles. The van der Waals surface area contributed by atoms with Crippen molar-refractivity contribution in [2.24, 2.45) is 5.92 Å². The predicted molar refractivity (Wildman–Crippen MR) is 107 cm³/mol. The number of hydrogen-bond acceptors (Lipinski definition) is 3. The third kappa shape index (κ3) is 4.78. The number of ether oxygens (including phenoxy) is 1. The highest BCUT2D eigenvalue weighted by Gasteiger charge is 2.16. The smallest absolute Gasteiger partial charge is 0.255 e. The van der Waals surface area contributed by atoms with Gasteiger partial charge in [0.1, 0.15) is 5.75 Å². The van der Waals surface area contributed by atoms with Crippen molar-refractivity contribution in [1.82, 2.24) is 0 Å². The second-order valence-corrected chi connectivity index (χ2v) is 7.25. The van der Waals surface area contributed by atoms with Crippen molar-refractivity contribution in [2.45, 2.75) is 33.1 Å². The van der Waals surface area contributed by atoms with E-state index in [1.54, 1.807) is 0 Å². The fraction of sp³-hybridized carbons (Fsp3) is 0.409. The van der Waals surface area contributed by atoms with Crippen molar-refractivity contribution in [3.05, 3.63) is 54.1 Å². The lowest BCUT2D eigenvalue weighted by Crippen LogP contribution is -2.30. The van der Waals surface area contributed by atoms with Crippen molar-refractivity contribution in [2.75, 3.05) is 29.9 Å². The van der Waals surface area contributed by atoms with Gasteiger partial charge in [-0.05, 0) is 61.6 Å². The van der Waals surface area contributed by atoms with E-state index in [0.29, 0.717) is 18.1 Å². The SMILES string of the molecule is CC(C)COc1ccc(C(=O)Nc2ccccc2N2CCCCC2)cc1. The van der Waals surface area contributed by atoms with Gasteiger partial charge in [-0.1, -0.05) is 26.0 Å². The van der Waals surface area contributed by atoms with Crippen LogP contribution in [0.4, 0.5) is 11.4 Å². The van der Waals surface area contributed by atoms with E-state index in [1.807, 2.05) is 42.5 Å². The number of nitrogens with zero attached hydrogens (tertiary/aromatic N) is 1. The maximum atomic E-state index is 12.7. The molecule has 1 saturated heterocycles. The molecular formula is C22H28N2O2. The van der Waals surface area contributed by atoms with Gasteiger partial charge in [0, 0.05) is 18.7 Å². The summed E-state index contributed by atoms with van der Waals surface area (Å²) in [5.41, 5.74) is 2.62. The van der Waals surface area contributed by atoms with Crippen LogP contribution in [0.3, 0.4) is 0 Å². The molecule has 0 atom stereocenters. The van der Waals surface area contributed by atoms with Crippen molar-refractivity contribution in [3.8, 4) is 5.75 Å². The van der Waals surface area contributed by atoms with Gasteiger partial charge in [0.05, 0.1) is 18.0 Å². The van der Waals surface area contributed by atoms with E-state index < -0.39 is 0 Å². The Bertz CT molecular complexity index is 719. The highest BCUT2D eigenvalue weighted by molar-refractivity contribution is 6.06. The van der Waals surface area contributed by atoms with Gasteiger partial charge in [-0.15, -0.1) is 0 Å². The summed E-state index contributed by atoms with van der Waals surface area (Å²) in [7, 11) is 0. The number of anilines is 2. The number of rotatable bonds is 6. The van der Waals surface area contributed by atoms with Crippen LogP contribution in [0.25, 0.3) is 0 Å². The molecule has 0 aromatic heterocycles. The number of nitrogens with one attached hydrogen (secondary N) is 1. The van der Waals surface area contributed by atoms with Crippen molar-refractivity contribution < 1.29 is 9.53 Å². The summed E-state index contributed by atoms with van der Waals surface area (Å²) in [5, 5.41) is 3.07. The number of carbonyl (C=O) groups is 1. The molecule has 26 heavy (non-hydrogen) atoms. The summed E-state index contributed by atoms with van der Waals surface area (Å²) in [6, 6.07) is 15.4. The number of para-hydroxylation sites is 2. The van der Waals surface area contributed by atoms with E-state index in [0.717, 1.165) is 30.2 Å². The molecule has 3 rings (SSSR count). The first kappa shape index (κ1) is 18.3. The second-order valence-electron chi connectivity index (χ2n) is 7.25. The summed E-state index contributed by atoms with van der Waals surface area (Å²) in [5.74, 6) is 1.18. The van der Waals surface area contributed by atoms with Gasteiger partial charge in [0.25, 0.3) is 5.91 Å². The Morgan fingerprint density at radius 2 is 1.73 bits per heavy atom. The Morgan fingerprint density at radius 1 is 1.04 bits per heavy atom. The van der Waals surface area contributed by atoms with Gasteiger partial charge in [-0.25, -0.2) is 0 Å². The number of piperidine rings is 1. The monoisotopic (exact) mass is 352 g/mol. The molecule has 2 aromatic carbocycles. The highest BCUT2D eigenvalue weighted by atomic mass is 16.5. The van der Waals surface area contributed by atoms with Crippen molar-refractivity contribution >= 4 is 17.3 Å². The first-order valence-electron chi connectivity index (χ1n) is 9.51. The van der Waals surface area contributed by atoms with Crippen LogP contribution in [0, 0.1) is 5.92 Å². The number of benzene rings is 2. The molecule has 1 aliphatic heterocycles. The lowest BCUT2D eigenvalue weighted by Gasteiger charge is -2.30. The molecule has 0 saturated carbocycles. The Balaban J connectivity index is 1.68. The molecule has 1 amide bonds. The molecule has 1 fully saturated rings. The molecule has 0 bridgehead atoms. The van der Waals surface area contributed by atoms with Gasteiger partial charge in [-0.2, -0.15) is 0 Å². The summed E-state index contributed by atoms with van der Waals surface area (Å²) in [6.07, 6.45) is 3.70. The lowest BCUT2D eigenvalue weighted by molar-refractivity contribution is 0.102. The van der Waals surface area contributed by atoms with E-state index in [2.05, 4.69) is 30.1 Å². The molecule has 1 aliphatic rings. The van der Waals surface area contributed by atoms with Crippen LogP contribution in [0.5, 0.6) is 5.75 Å². The van der Waals surface area contributed by atoms with Gasteiger partial charge in [0.2, 0.25) is 0 Å². The molecule has 0 unspecified atom stereocenters. The van der Waals surface area contributed by atoms with Crippen LogP contribution in [0.2, 0.25) is 0 Å². The molecule has 4 heteroatoms. The summed E-state index contributed by atoms with van der Waals surface area (Å²) >= 11 is 0. The summed E-state index contributed by atoms with van der Waals surface area (Å²) < 4.78 is 5.68. The highest BCUT2D eigenvalue weighted by Crippen LogP contribution is 2.28. The Labute approximate surface area is 156 Å². The molecule has 0 aliphatic carbocycles. The van der Waals surface area contributed by atoms with Crippen LogP contribution in [0.15, 0.2) is 48.5 Å². The van der Waals surface area contributed by atoms with E-state index in [1.165, 1.54) is 19.3 Å². The molecule has 138 valence electrons. The largest absolute Gasteiger partial charge is 0.493 e. The fourth-order valence-corrected chi connectivity index (χ4v) is 3.15. The third-order valence-electron chi connectivity index (χ3n) is 4.55. The third-order valence-corrected chi connectivity index (χ3v) is 4.55. The van der Waals surface area contributed by atoms with E-state index in [-0.39, 0.29) is 5.91 Å². The minimum Gasteiger partial charge on any atom is -0.493 e. The Hall–Kier alpha value is -2.49. The Morgan fingerprint density at radius 3 is 2.42 bits per heavy atom. The van der Waals surface area contributed by atoms with Crippen LogP contribution in [0.1, 0.15) is 43.5 Å². The van der Waals surface area contributed by atoms with Gasteiger partial charge < -0.3 is 15.0 Å². The minimum absolute atomic E-state index is 0.0927. The number of hydrogen-bond donors (Lipinski definition) is 1. The minimum atomic E-state index is -0.0927. The summed E-state index contributed by atoms with van der Waals surface area (Å²) in [6.45, 7) is 7.00. The predicted octanol–water partition coefficient (Wildman–Crippen LogP) is 4.96. The quantitative estimate of drug-likeness (QED) is 0.798. The van der Waals surface area contributed by atoms with Gasteiger partial charge in [0.15, 0.2) is 0 Å². The fourth-order valence-electron chi connectivity index (χ4n) is 3.15. The van der Waals surface area contributed by atoms with E-state index in [4.69, 9.17) is 4.74 Å². The average molecular weight is 352 g/mol. The topological polar surface area (TPSA) is 41.6 Å². The van der Waals surface area contributed by atoms with Crippen LogP contribution in [-0.2, 0) is 0 Å². The van der Waals surface area contributed by atoms with E-state index in [9.17, 15) is 4.79 Å². The zero-order valence-electron chi connectivity index (χ0n) is 15.7. The lowest BCUT2D eigenvalue weighted by atomic mass is 10.1. The zero-order chi connectivity index (χ0) is 18.4.